The summed E-state index contributed by atoms with van der Waals surface area (Å²) < 4.78 is 6.42. The van der Waals surface area contributed by atoms with Crippen LogP contribution in [0.25, 0.3) is 0 Å². The smallest absolute Gasteiger partial charge is 0.0916 e. The van der Waals surface area contributed by atoms with Gasteiger partial charge in [0.25, 0.3) is 0 Å². The van der Waals surface area contributed by atoms with E-state index in [1.807, 2.05) is 11.8 Å². The lowest BCUT2D eigenvalue weighted by Crippen LogP contribution is -2.03. The number of aryl methyl sites for hydroxylation is 3. The normalized spacial score (nSPS) is 11.1. The molecule has 0 fully saturated rings. The van der Waals surface area contributed by atoms with Crippen LogP contribution in [0.4, 0.5) is 5.69 Å². The van der Waals surface area contributed by atoms with Crippen molar-refractivity contribution in [3.05, 3.63) is 94.0 Å². The first-order chi connectivity index (χ1) is 14.8. The van der Waals surface area contributed by atoms with Crippen molar-refractivity contribution in [1.82, 2.24) is 0 Å². The summed E-state index contributed by atoms with van der Waals surface area (Å²) in [6, 6.07) is 21.8. The third-order valence-corrected chi connectivity index (χ3v) is 7.41. The van der Waals surface area contributed by atoms with Crippen molar-refractivity contribution in [2.24, 2.45) is 4.36 Å². The van der Waals surface area contributed by atoms with E-state index in [0.717, 1.165) is 5.69 Å². The lowest BCUT2D eigenvalue weighted by molar-refractivity contribution is 0.835. The van der Waals surface area contributed by atoms with Crippen molar-refractivity contribution in [2.45, 2.75) is 65.2 Å². The van der Waals surface area contributed by atoms with Gasteiger partial charge in [0.05, 0.1) is 9.88 Å². The molecular weight excluding hydrogens is 414 g/mol. The molecule has 1 nitrogen and oxygen atoms in total. The molecule has 0 atom stereocenters. The molecular formula is C28H33NS2. The third-order valence-electron chi connectivity index (χ3n) is 5.40. The van der Waals surface area contributed by atoms with Gasteiger partial charge in [0.15, 0.2) is 0 Å². The van der Waals surface area contributed by atoms with Gasteiger partial charge in [-0.2, -0.15) is 4.36 Å². The van der Waals surface area contributed by atoms with Crippen molar-refractivity contribution in [1.29, 1.82) is 0 Å². The van der Waals surface area contributed by atoms with Crippen LogP contribution >= 0.6 is 11.8 Å². The van der Waals surface area contributed by atoms with Crippen LogP contribution in [0.15, 0.2) is 69.9 Å². The minimum Gasteiger partial charge on any atom is -0.192 e. The maximum absolute atomic E-state index is 5.18. The maximum Gasteiger partial charge on any atom is 0.0916 e. The molecule has 0 saturated heterocycles. The average molecular weight is 448 g/mol. The van der Waals surface area contributed by atoms with E-state index in [4.69, 9.17) is 4.36 Å². The standard InChI is InChI=1S/C28H33NS2/c1-18(2)24-14-11-15-25(19(3)4)27(24)29-31-28(30-23-12-9-8-10-13-23)26-21(6)16-20(5)17-22(26)7/h8-19H,1-7H3. The molecule has 31 heavy (non-hydrogen) atoms. The van der Waals surface area contributed by atoms with E-state index < -0.39 is 0 Å². The highest BCUT2D eigenvalue weighted by Crippen LogP contribution is 2.35. The third kappa shape index (κ3) is 5.78. The fourth-order valence-electron chi connectivity index (χ4n) is 3.92. The van der Waals surface area contributed by atoms with Gasteiger partial charge in [0.2, 0.25) is 0 Å². The van der Waals surface area contributed by atoms with Gasteiger partial charge in [-0.05, 0) is 78.1 Å². The highest BCUT2D eigenvalue weighted by molar-refractivity contribution is 8.21. The Hall–Kier alpha value is -2.10. The van der Waals surface area contributed by atoms with E-state index >= 15 is 0 Å². The zero-order valence-electron chi connectivity index (χ0n) is 19.7. The van der Waals surface area contributed by atoms with Crippen molar-refractivity contribution in [2.75, 3.05) is 0 Å². The maximum atomic E-state index is 5.18. The van der Waals surface area contributed by atoms with E-state index in [2.05, 4.69) is 109 Å². The van der Waals surface area contributed by atoms with Gasteiger partial charge in [0.1, 0.15) is 0 Å². The van der Waals surface area contributed by atoms with Crippen LogP contribution in [0.5, 0.6) is 0 Å². The highest BCUT2D eigenvalue weighted by Gasteiger charge is 2.15. The van der Waals surface area contributed by atoms with Crippen molar-refractivity contribution >= 4 is 32.8 Å². The molecule has 0 bridgehead atoms. The van der Waals surface area contributed by atoms with Gasteiger partial charge in [0, 0.05) is 10.5 Å². The molecule has 0 saturated carbocycles. The summed E-state index contributed by atoms with van der Waals surface area (Å²) in [4.78, 5) is 1.24. The molecule has 3 aromatic rings. The van der Waals surface area contributed by atoms with Crippen molar-refractivity contribution in [3.8, 4) is 0 Å². The highest BCUT2D eigenvalue weighted by atomic mass is 32.2. The zero-order chi connectivity index (χ0) is 22.5. The summed E-state index contributed by atoms with van der Waals surface area (Å²) in [5.41, 5.74) is 9.00. The van der Waals surface area contributed by atoms with Gasteiger partial charge in [-0.25, -0.2) is 0 Å². The Morgan fingerprint density at radius 2 is 1.29 bits per heavy atom. The molecule has 0 radical (unpaired) electrons. The Bertz CT molecular complexity index is 1070. The summed E-state index contributed by atoms with van der Waals surface area (Å²) in [6.45, 7) is 15.6. The summed E-state index contributed by atoms with van der Waals surface area (Å²) in [5, 5.41) is 0. The molecule has 0 aromatic heterocycles. The van der Waals surface area contributed by atoms with Crippen LogP contribution in [0, 0.1) is 20.8 Å². The monoisotopic (exact) mass is 447 g/mol. The number of rotatable bonds is 5. The molecule has 0 amide bonds. The molecule has 0 spiro atoms. The van der Waals surface area contributed by atoms with Crippen LogP contribution in [0.3, 0.4) is 0 Å². The zero-order valence-corrected chi connectivity index (χ0v) is 21.3. The second-order valence-corrected chi connectivity index (χ2v) is 10.9. The topological polar surface area (TPSA) is 12.4 Å². The van der Waals surface area contributed by atoms with Crippen LogP contribution in [-0.4, -0.2) is 4.20 Å². The van der Waals surface area contributed by atoms with E-state index in [0.29, 0.717) is 11.8 Å². The van der Waals surface area contributed by atoms with E-state index in [-0.39, 0.29) is 0 Å². The van der Waals surface area contributed by atoms with Crippen molar-refractivity contribution in [3.63, 3.8) is 0 Å². The molecule has 0 aliphatic carbocycles. The molecule has 162 valence electrons. The first-order valence-corrected chi connectivity index (χ1v) is 12.6. The molecule has 3 heteroatoms. The minimum absolute atomic E-state index is 0.436. The number of nitrogens with zero attached hydrogens (tertiary/aromatic N) is 1. The first kappa shape index (κ1) is 23.6. The SMILES string of the molecule is Cc1cc(C)c(C(Sc2ccccc2)=S=Nc2c(C(C)C)cccc2C(C)C)c(C)c1. The Kier molecular flexibility index (Phi) is 7.96. The van der Waals surface area contributed by atoms with E-state index in [1.54, 1.807) is 11.1 Å². The summed E-state index contributed by atoms with van der Waals surface area (Å²) >= 11 is 3.43. The molecule has 3 aromatic carbocycles. The Morgan fingerprint density at radius 1 is 0.742 bits per heavy atom. The number of hydrogen-bond acceptors (Lipinski definition) is 2. The lowest BCUT2D eigenvalue weighted by Gasteiger charge is -2.16. The van der Waals surface area contributed by atoms with Crippen LogP contribution < -0.4 is 0 Å². The summed E-state index contributed by atoms with van der Waals surface area (Å²) in [6.07, 6.45) is 0. The van der Waals surface area contributed by atoms with Crippen LogP contribution in [-0.2, 0) is 11.1 Å². The van der Waals surface area contributed by atoms with Crippen LogP contribution in [0.2, 0.25) is 0 Å². The van der Waals surface area contributed by atoms with Gasteiger partial charge in [-0.1, -0.05) is 93.6 Å². The molecule has 3 rings (SSSR count). The van der Waals surface area contributed by atoms with Crippen molar-refractivity contribution < 1.29 is 0 Å². The molecule has 0 aliphatic rings. The summed E-state index contributed by atoms with van der Waals surface area (Å²) in [5.74, 6) is 0.872. The van der Waals surface area contributed by atoms with E-state index in [9.17, 15) is 0 Å². The molecule has 0 N–H and O–H groups in total. The lowest BCUT2D eigenvalue weighted by atomic mass is 9.93. The number of hydrogen-bond donors (Lipinski definition) is 0. The Labute approximate surface area is 196 Å². The second kappa shape index (κ2) is 10.5. The Morgan fingerprint density at radius 3 is 1.81 bits per heavy atom. The van der Waals surface area contributed by atoms with E-state index in [1.165, 1.54) is 42.5 Å². The average Bonchev–Trinajstić information content (AvgIpc) is 2.71. The van der Waals surface area contributed by atoms with Gasteiger partial charge in [-0.3, -0.25) is 0 Å². The molecule has 0 unspecified atom stereocenters. The predicted octanol–water partition coefficient (Wildman–Crippen LogP) is 8.73. The fourth-order valence-corrected chi connectivity index (χ4v) is 6.20. The largest absolute Gasteiger partial charge is 0.192 e. The first-order valence-electron chi connectivity index (χ1n) is 11.0. The molecule has 0 aliphatic heterocycles. The number of benzene rings is 3. The summed E-state index contributed by atoms with van der Waals surface area (Å²) in [7, 11) is 0. The Balaban J connectivity index is 2.25. The van der Waals surface area contributed by atoms with Gasteiger partial charge >= 0.3 is 0 Å². The molecule has 0 heterocycles. The predicted molar refractivity (Wildman–Crippen MR) is 141 cm³/mol. The fraction of sp³-hybridized carbons (Fsp3) is 0.321. The van der Waals surface area contributed by atoms with Gasteiger partial charge in [-0.15, -0.1) is 0 Å². The van der Waals surface area contributed by atoms with Gasteiger partial charge < -0.3 is 0 Å². The number of thioether (sulfide) groups is 1. The van der Waals surface area contributed by atoms with Crippen LogP contribution in [0.1, 0.15) is 72.9 Å². The second-order valence-electron chi connectivity index (χ2n) is 8.75. The minimum atomic E-state index is 0.436. The quantitative estimate of drug-likeness (QED) is 0.281.